The van der Waals surface area contributed by atoms with Gasteiger partial charge in [-0.15, -0.1) is 13.2 Å². The monoisotopic (exact) mass is 456 g/mol. The Kier molecular flexibility index (Phi) is 11.4. The molecule has 2 N–H and O–H groups in total. The van der Waals surface area contributed by atoms with Crippen LogP contribution in [0.3, 0.4) is 0 Å². The van der Waals surface area contributed by atoms with Crippen LogP contribution in [-0.2, 0) is 32.1 Å². The number of fused-ring (bicyclic) bond motifs is 1. The minimum absolute atomic E-state index is 0.0274. The third kappa shape index (κ3) is 8.50. The van der Waals surface area contributed by atoms with Gasteiger partial charge in [-0.1, -0.05) is 36.4 Å². The molecular formula is C26H36N2O5. The van der Waals surface area contributed by atoms with E-state index in [1.165, 1.54) is 0 Å². The van der Waals surface area contributed by atoms with E-state index in [0.717, 1.165) is 30.4 Å². The Labute approximate surface area is 196 Å². The van der Waals surface area contributed by atoms with Crippen molar-refractivity contribution >= 4 is 17.8 Å². The van der Waals surface area contributed by atoms with Gasteiger partial charge in [0.2, 0.25) is 11.8 Å². The highest BCUT2D eigenvalue weighted by Crippen LogP contribution is 2.25. The number of aliphatic hydroxyl groups excluding tert-OH is 1. The zero-order valence-corrected chi connectivity index (χ0v) is 19.3. The summed E-state index contributed by atoms with van der Waals surface area (Å²) in [4.78, 5) is 39.1. The van der Waals surface area contributed by atoms with E-state index in [1.807, 2.05) is 30.3 Å². The molecule has 0 saturated heterocycles. The predicted octanol–water partition coefficient (Wildman–Crippen LogP) is 2.92. The van der Waals surface area contributed by atoms with E-state index >= 15 is 0 Å². The summed E-state index contributed by atoms with van der Waals surface area (Å²) in [6, 6.07) is 7.59. The minimum Gasteiger partial charge on any atom is -0.464 e. The molecule has 1 aromatic rings. The first-order valence-corrected chi connectivity index (χ1v) is 11.6. The summed E-state index contributed by atoms with van der Waals surface area (Å²) in [6.45, 7) is 7.93. The van der Waals surface area contributed by atoms with E-state index in [9.17, 15) is 19.5 Å². The van der Waals surface area contributed by atoms with Crippen molar-refractivity contribution in [3.63, 3.8) is 0 Å². The number of nitrogens with one attached hydrogen (secondary N) is 1. The maximum absolute atomic E-state index is 13.1. The van der Waals surface area contributed by atoms with Crippen LogP contribution in [0.4, 0.5) is 0 Å². The molecule has 2 unspecified atom stereocenters. The fourth-order valence-electron chi connectivity index (χ4n) is 3.97. The Bertz CT molecular complexity index is 823. The highest BCUT2D eigenvalue weighted by molar-refractivity contribution is 5.86. The zero-order chi connectivity index (χ0) is 24.1. The molecule has 2 amide bonds. The summed E-state index contributed by atoms with van der Waals surface area (Å²) in [6.07, 6.45) is 7.28. The molecule has 0 fully saturated rings. The maximum Gasteiger partial charge on any atom is 0.305 e. The normalized spacial score (nSPS) is 15.8. The zero-order valence-electron chi connectivity index (χ0n) is 19.3. The van der Waals surface area contributed by atoms with Gasteiger partial charge in [0.05, 0.1) is 25.1 Å². The second-order valence-corrected chi connectivity index (χ2v) is 8.30. The van der Waals surface area contributed by atoms with Gasteiger partial charge in [0, 0.05) is 19.4 Å². The number of hydrogen-bond acceptors (Lipinski definition) is 5. The van der Waals surface area contributed by atoms with Gasteiger partial charge in [0.1, 0.15) is 6.61 Å². The number of esters is 1. The molecule has 0 radical (unpaired) electrons. The first kappa shape index (κ1) is 26.3. The van der Waals surface area contributed by atoms with Gasteiger partial charge >= 0.3 is 5.97 Å². The molecule has 7 nitrogen and oxygen atoms in total. The number of aliphatic hydroxyl groups is 1. The molecule has 2 atom stereocenters. The van der Waals surface area contributed by atoms with Gasteiger partial charge < -0.3 is 20.1 Å². The Morgan fingerprint density at radius 1 is 1.18 bits per heavy atom. The number of nitrogens with zero attached hydrogens (tertiary/aromatic N) is 1. The summed E-state index contributed by atoms with van der Waals surface area (Å²) < 4.78 is 5.15. The molecule has 1 heterocycles. The summed E-state index contributed by atoms with van der Waals surface area (Å²) in [7, 11) is 0. The minimum atomic E-state index is -0.568. The van der Waals surface area contributed by atoms with Crippen molar-refractivity contribution in [2.75, 3.05) is 19.8 Å². The third-order valence-corrected chi connectivity index (χ3v) is 5.83. The maximum atomic E-state index is 13.1. The van der Waals surface area contributed by atoms with Crippen LogP contribution in [0.1, 0.15) is 49.7 Å². The van der Waals surface area contributed by atoms with Crippen LogP contribution in [0.25, 0.3) is 0 Å². The SMILES string of the molecule is C=CCCCCC(=O)OCCNC(=O)C(CC=C)CC(=O)N1Cc2ccccc2CC1CO. The van der Waals surface area contributed by atoms with Crippen LogP contribution in [0.5, 0.6) is 0 Å². The van der Waals surface area contributed by atoms with Crippen LogP contribution in [0.2, 0.25) is 0 Å². The standard InChI is InChI=1S/C26H36N2O5/c1-3-5-6-7-13-25(31)33-15-14-27-26(32)21(10-4-2)17-24(30)28-18-22-12-9-8-11-20(22)16-23(28)19-29/h3-4,8-9,11-12,21,23,29H,1-2,5-7,10,13-19H2,(H,27,32). The van der Waals surface area contributed by atoms with Crippen LogP contribution in [0.15, 0.2) is 49.6 Å². The van der Waals surface area contributed by atoms with E-state index < -0.39 is 5.92 Å². The van der Waals surface area contributed by atoms with Gasteiger partial charge in [-0.25, -0.2) is 0 Å². The number of carbonyl (C=O) groups is 3. The van der Waals surface area contributed by atoms with Crippen molar-refractivity contribution in [1.29, 1.82) is 0 Å². The lowest BCUT2D eigenvalue weighted by Gasteiger charge is -2.36. The second-order valence-electron chi connectivity index (χ2n) is 8.30. The van der Waals surface area contributed by atoms with E-state index in [0.29, 0.717) is 25.8 Å². The molecule has 0 aromatic heterocycles. The highest BCUT2D eigenvalue weighted by atomic mass is 16.5. The van der Waals surface area contributed by atoms with Crippen LogP contribution in [0, 0.1) is 5.92 Å². The van der Waals surface area contributed by atoms with Gasteiger partial charge in [-0.2, -0.15) is 0 Å². The number of rotatable bonds is 14. The molecule has 1 aromatic carbocycles. The van der Waals surface area contributed by atoms with Gasteiger partial charge in [-0.05, 0) is 43.2 Å². The Hall–Kier alpha value is -2.93. The van der Waals surface area contributed by atoms with Crippen LogP contribution >= 0.6 is 0 Å². The Morgan fingerprint density at radius 3 is 2.64 bits per heavy atom. The molecule has 33 heavy (non-hydrogen) atoms. The van der Waals surface area contributed by atoms with Crippen molar-refractivity contribution in [3.05, 3.63) is 60.7 Å². The number of ether oxygens (including phenoxy) is 1. The molecule has 1 aliphatic heterocycles. The number of hydrogen-bond donors (Lipinski definition) is 2. The molecule has 1 aliphatic rings. The molecule has 7 heteroatoms. The lowest BCUT2D eigenvalue weighted by atomic mass is 9.92. The molecule has 0 saturated carbocycles. The Morgan fingerprint density at radius 2 is 1.94 bits per heavy atom. The van der Waals surface area contributed by atoms with Crippen LogP contribution < -0.4 is 5.32 Å². The van der Waals surface area contributed by atoms with Gasteiger partial charge in [0.15, 0.2) is 0 Å². The molecule has 0 spiro atoms. The van der Waals surface area contributed by atoms with E-state index in [1.54, 1.807) is 11.0 Å². The lowest BCUT2D eigenvalue weighted by Crippen LogP contribution is -2.47. The number of amides is 2. The van der Waals surface area contributed by atoms with E-state index in [4.69, 9.17) is 4.74 Å². The lowest BCUT2D eigenvalue weighted by molar-refractivity contribution is -0.144. The summed E-state index contributed by atoms with van der Waals surface area (Å²) >= 11 is 0. The number of carbonyl (C=O) groups excluding carboxylic acids is 3. The Balaban J connectivity index is 1.83. The highest BCUT2D eigenvalue weighted by Gasteiger charge is 2.31. The number of allylic oxidation sites excluding steroid dienone is 2. The first-order valence-electron chi connectivity index (χ1n) is 11.6. The molecule has 0 bridgehead atoms. The second kappa shape index (κ2) is 14.3. The van der Waals surface area contributed by atoms with Gasteiger partial charge in [-0.3, -0.25) is 14.4 Å². The van der Waals surface area contributed by atoms with Crippen molar-refractivity contribution in [1.82, 2.24) is 10.2 Å². The average Bonchev–Trinajstić information content (AvgIpc) is 2.83. The molecule has 0 aliphatic carbocycles. The number of benzene rings is 1. The fourth-order valence-corrected chi connectivity index (χ4v) is 3.97. The van der Waals surface area contributed by atoms with Crippen molar-refractivity contribution in [2.24, 2.45) is 5.92 Å². The quantitative estimate of drug-likeness (QED) is 0.255. The summed E-state index contributed by atoms with van der Waals surface area (Å²) in [5.41, 5.74) is 2.20. The molecular weight excluding hydrogens is 420 g/mol. The molecule has 2 rings (SSSR count). The number of unbranched alkanes of at least 4 members (excludes halogenated alkanes) is 2. The summed E-state index contributed by atoms with van der Waals surface area (Å²) in [5, 5.41) is 12.6. The van der Waals surface area contributed by atoms with Crippen molar-refractivity contribution in [2.45, 2.75) is 57.5 Å². The smallest absolute Gasteiger partial charge is 0.305 e. The topological polar surface area (TPSA) is 95.9 Å². The molecule has 180 valence electrons. The van der Waals surface area contributed by atoms with E-state index in [-0.39, 0.29) is 50.0 Å². The first-order chi connectivity index (χ1) is 16.0. The summed E-state index contributed by atoms with van der Waals surface area (Å²) in [5.74, 6) is -1.30. The largest absolute Gasteiger partial charge is 0.464 e. The third-order valence-electron chi connectivity index (χ3n) is 5.83. The predicted molar refractivity (Wildman–Crippen MR) is 127 cm³/mol. The van der Waals surface area contributed by atoms with E-state index in [2.05, 4.69) is 18.5 Å². The van der Waals surface area contributed by atoms with Crippen molar-refractivity contribution in [3.8, 4) is 0 Å². The fraction of sp³-hybridized carbons (Fsp3) is 0.500. The van der Waals surface area contributed by atoms with Crippen molar-refractivity contribution < 1.29 is 24.2 Å². The van der Waals surface area contributed by atoms with Crippen LogP contribution in [-0.4, -0.2) is 53.6 Å². The average molecular weight is 457 g/mol. The van der Waals surface area contributed by atoms with Gasteiger partial charge in [0.25, 0.3) is 0 Å².